The zero-order valence-corrected chi connectivity index (χ0v) is 12.0. The van der Waals surface area contributed by atoms with E-state index in [0.29, 0.717) is 0 Å². The highest BCUT2D eigenvalue weighted by molar-refractivity contribution is 6.31. The maximum Gasteiger partial charge on any atom is 0.157 e. The number of Topliss-reactive ketones (excluding diaryl/α,β-unsaturated/α-hetero) is 1. The van der Waals surface area contributed by atoms with Gasteiger partial charge in [-0.1, -0.05) is 43.4 Å². The van der Waals surface area contributed by atoms with E-state index in [2.05, 4.69) is 0 Å². The Hall–Kier alpha value is -1.40. The molecule has 0 aliphatic heterocycles. The largest absolute Gasteiger partial charge is 0.298 e. The fourth-order valence-corrected chi connectivity index (χ4v) is 3.13. The molecule has 1 atom stereocenters. The Bertz CT molecular complexity index is 510. The van der Waals surface area contributed by atoms with Crippen LogP contribution in [0.25, 0.3) is 0 Å². The number of carbonyl (C=O) groups excluding carboxylic acids is 1. The van der Waals surface area contributed by atoms with Crippen molar-refractivity contribution in [1.82, 2.24) is 0 Å². The van der Waals surface area contributed by atoms with Crippen molar-refractivity contribution in [2.45, 2.75) is 44.4 Å². The topological polar surface area (TPSA) is 40.9 Å². The SMILES string of the molecule is N#CC(C(=O)C1CCCCCC1)c1c(F)cccc1Cl. The van der Waals surface area contributed by atoms with Crippen LogP contribution in [0.4, 0.5) is 4.39 Å². The molecule has 4 heteroatoms. The second-order valence-electron chi connectivity index (χ2n) is 5.29. The maximum atomic E-state index is 13.9. The molecular formula is C16H17ClFNO. The summed E-state index contributed by atoms with van der Waals surface area (Å²) in [6.07, 6.45) is 5.84. The van der Waals surface area contributed by atoms with Crippen molar-refractivity contribution in [1.29, 1.82) is 5.26 Å². The van der Waals surface area contributed by atoms with Crippen molar-refractivity contribution in [3.63, 3.8) is 0 Å². The molecule has 0 bridgehead atoms. The van der Waals surface area contributed by atoms with Crippen molar-refractivity contribution < 1.29 is 9.18 Å². The van der Waals surface area contributed by atoms with E-state index >= 15 is 0 Å². The molecule has 0 amide bonds. The van der Waals surface area contributed by atoms with Gasteiger partial charge in [0.25, 0.3) is 0 Å². The summed E-state index contributed by atoms with van der Waals surface area (Å²) in [5.74, 6) is -1.99. The summed E-state index contributed by atoms with van der Waals surface area (Å²) in [6, 6.07) is 6.18. The number of hydrogen-bond acceptors (Lipinski definition) is 2. The maximum absolute atomic E-state index is 13.9. The molecule has 0 radical (unpaired) electrons. The molecule has 2 nitrogen and oxygen atoms in total. The number of nitriles is 1. The molecule has 0 aromatic heterocycles. The van der Waals surface area contributed by atoms with E-state index in [1.54, 1.807) is 0 Å². The minimum atomic E-state index is -1.09. The van der Waals surface area contributed by atoms with E-state index in [1.165, 1.54) is 18.2 Å². The van der Waals surface area contributed by atoms with Gasteiger partial charge in [-0.15, -0.1) is 0 Å². The normalized spacial score (nSPS) is 18.1. The van der Waals surface area contributed by atoms with Gasteiger partial charge < -0.3 is 0 Å². The molecular weight excluding hydrogens is 277 g/mol. The van der Waals surface area contributed by atoms with E-state index in [-0.39, 0.29) is 22.3 Å². The molecule has 1 saturated carbocycles. The quantitative estimate of drug-likeness (QED) is 0.763. The lowest BCUT2D eigenvalue weighted by Crippen LogP contribution is -2.22. The highest BCUT2D eigenvalue weighted by Gasteiger charge is 2.31. The predicted molar refractivity (Wildman–Crippen MR) is 76.0 cm³/mol. The number of nitrogens with zero attached hydrogens (tertiary/aromatic N) is 1. The average Bonchev–Trinajstić information content (AvgIpc) is 2.71. The second-order valence-corrected chi connectivity index (χ2v) is 5.70. The summed E-state index contributed by atoms with van der Waals surface area (Å²) >= 11 is 5.97. The molecule has 106 valence electrons. The van der Waals surface area contributed by atoms with E-state index in [9.17, 15) is 14.4 Å². The average molecular weight is 294 g/mol. The Morgan fingerprint density at radius 2 is 1.95 bits per heavy atom. The van der Waals surface area contributed by atoms with Gasteiger partial charge in [0.05, 0.1) is 6.07 Å². The van der Waals surface area contributed by atoms with Crippen molar-refractivity contribution in [2.24, 2.45) is 5.92 Å². The molecule has 0 N–H and O–H groups in total. The number of ketones is 1. The van der Waals surface area contributed by atoms with Crippen LogP contribution >= 0.6 is 11.6 Å². The molecule has 1 aromatic rings. The lowest BCUT2D eigenvalue weighted by atomic mass is 9.84. The first-order valence-corrected chi connectivity index (χ1v) is 7.40. The summed E-state index contributed by atoms with van der Waals surface area (Å²) in [4.78, 5) is 12.5. The van der Waals surface area contributed by atoms with Crippen molar-refractivity contribution >= 4 is 17.4 Å². The Morgan fingerprint density at radius 1 is 1.30 bits per heavy atom. The summed E-state index contributed by atoms with van der Waals surface area (Å²) < 4.78 is 13.9. The minimum absolute atomic E-state index is 0.0333. The summed E-state index contributed by atoms with van der Waals surface area (Å²) in [5.41, 5.74) is 0.0333. The predicted octanol–water partition coefficient (Wildman–Crippen LogP) is 4.63. The molecule has 1 aliphatic rings. The molecule has 1 aliphatic carbocycles. The van der Waals surface area contributed by atoms with Gasteiger partial charge in [-0.3, -0.25) is 4.79 Å². The molecule has 0 heterocycles. The molecule has 1 fully saturated rings. The van der Waals surface area contributed by atoms with Gasteiger partial charge in [0.15, 0.2) is 5.78 Å². The van der Waals surface area contributed by atoms with Crippen LogP contribution in [0.3, 0.4) is 0 Å². The van der Waals surface area contributed by atoms with Crippen LogP contribution in [0.5, 0.6) is 0 Å². The number of benzene rings is 1. The van der Waals surface area contributed by atoms with Crippen molar-refractivity contribution in [2.75, 3.05) is 0 Å². The van der Waals surface area contributed by atoms with Crippen LogP contribution in [-0.4, -0.2) is 5.78 Å². The zero-order valence-electron chi connectivity index (χ0n) is 11.2. The van der Waals surface area contributed by atoms with Crippen molar-refractivity contribution in [3.05, 3.63) is 34.6 Å². The summed E-state index contributed by atoms with van der Waals surface area (Å²) in [5, 5.41) is 9.45. The van der Waals surface area contributed by atoms with Crippen LogP contribution in [0, 0.1) is 23.1 Å². The van der Waals surface area contributed by atoms with E-state index < -0.39 is 11.7 Å². The van der Waals surface area contributed by atoms with Crippen LogP contribution in [0.15, 0.2) is 18.2 Å². The van der Waals surface area contributed by atoms with Gasteiger partial charge >= 0.3 is 0 Å². The summed E-state index contributed by atoms with van der Waals surface area (Å²) in [7, 11) is 0. The third-order valence-corrected chi connectivity index (χ3v) is 4.29. The smallest absolute Gasteiger partial charge is 0.157 e. The van der Waals surface area contributed by atoms with Gasteiger partial charge in [-0.25, -0.2) is 4.39 Å². The van der Waals surface area contributed by atoms with Gasteiger partial charge in [-0.2, -0.15) is 5.26 Å². The van der Waals surface area contributed by atoms with Gasteiger partial charge in [-0.05, 0) is 25.0 Å². The zero-order chi connectivity index (χ0) is 14.5. The van der Waals surface area contributed by atoms with Crippen molar-refractivity contribution in [3.8, 4) is 6.07 Å². The minimum Gasteiger partial charge on any atom is -0.298 e. The first-order valence-electron chi connectivity index (χ1n) is 7.02. The van der Waals surface area contributed by atoms with Gasteiger partial charge in [0.1, 0.15) is 11.7 Å². The first-order chi connectivity index (χ1) is 9.65. The van der Waals surface area contributed by atoms with Crippen LogP contribution in [-0.2, 0) is 4.79 Å². The van der Waals surface area contributed by atoms with Gasteiger partial charge in [0.2, 0.25) is 0 Å². The van der Waals surface area contributed by atoms with Crippen LogP contribution < -0.4 is 0 Å². The Balaban J connectivity index is 2.28. The van der Waals surface area contributed by atoms with E-state index in [1.807, 2.05) is 6.07 Å². The van der Waals surface area contributed by atoms with E-state index in [4.69, 9.17) is 11.6 Å². The fourth-order valence-electron chi connectivity index (χ4n) is 2.86. The number of rotatable bonds is 3. The van der Waals surface area contributed by atoms with Crippen LogP contribution in [0.2, 0.25) is 5.02 Å². The van der Waals surface area contributed by atoms with Gasteiger partial charge in [0, 0.05) is 16.5 Å². The first kappa shape index (κ1) is 15.0. The monoisotopic (exact) mass is 293 g/mol. The lowest BCUT2D eigenvalue weighted by molar-refractivity contribution is -0.123. The summed E-state index contributed by atoms with van der Waals surface area (Å²) in [6.45, 7) is 0. The molecule has 0 spiro atoms. The molecule has 2 rings (SSSR count). The van der Waals surface area contributed by atoms with E-state index in [0.717, 1.165) is 38.5 Å². The molecule has 1 aromatic carbocycles. The number of halogens is 2. The molecule has 20 heavy (non-hydrogen) atoms. The Morgan fingerprint density at radius 3 is 2.50 bits per heavy atom. The third kappa shape index (κ3) is 3.19. The Kier molecular flexibility index (Phi) is 5.14. The fraction of sp³-hybridized carbons (Fsp3) is 0.500. The highest BCUT2D eigenvalue weighted by Crippen LogP contribution is 2.33. The standard InChI is InChI=1S/C16H17ClFNO/c17-13-8-5-9-14(18)15(13)12(10-19)16(20)11-6-3-1-2-4-7-11/h5,8-9,11-12H,1-4,6-7H2. The Labute approximate surface area is 123 Å². The molecule has 0 saturated heterocycles. The third-order valence-electron chi connectivity index (χ3n) is 3.96. The van der Waals surface area contributed by atoms with Crippen LogP contribution in [0.1, 0.15) is 50.0 Å². The highest BCUT2D eigenvalue weighted by atomic mass is 35.5. The number of hydrogen-bond donors (Lipinski definition) is 0. The molecule has 1 unspecified atom stereocenters. The second kappa shape index (κ2) is 6.85. The number of carbonyl (C=O) groups is 1. The lowest BCUT2D eigenvalue weighted by Gasteiger charge is -2.18.